The van der Waals surface area contributed by atoms with Crippen LogP contribution in [0.15, 0.2) is 48.9 Å². The number of alkyl halides is 3. The molecule has 0 radical (unpaired) electrons. The molecular formula is C24H28F3N7O. The molecule has 186 valence electrons. The molecule has 5 heterocycles. The highest BCUT2D eigenvalue weighted by Crippen LogP contribution is 2.30. The molecule has 0 amide bonds. The van der Waals surface area contributed by atoms with Crippen LogP contribution in [-0.2, 0) is 12.8 Å². The molecule has 8 nitrogen and oxygen atoms in total. The number of aromatic nitrogens is 4. The van der Waals surface area contributed by atoms with Crippen LogP contribution in [0.2, 0.25) is 0 Å². The third-order valence-electron chi connectivity index (χ3n) is 6.61. The zero-order chi connectivity index (χ0) is 24.6. The molecular weight excluding hydrogens is 459 g/mol. The van der Waals surface area contributed by atoms with Gasteiger partial charge in [0.05, 0.1) is 35.8 Å². The van der Waals surface area contributed by atoms with E-state index < -0.39 is 11.7 Å². The predicted molar refractivity (Wildman–Crippen MR) is 124 cm³/mol. The largest absolute Gasteiger partial charge is 0.417 e. The number of anilines is 1. The normalized spacial score (nSPS) is 23.7. The first-order valence-corrected chi connectivity index (χ1v) is 11.7. The van der Waals surface area contributed by atoms with Crippen molar-refractivity contribution in [3.8, 4) is 11.3 Å². The monoisotopic (exact) mass is 487 g/mol. The molecule has 35 heavy (non-hydrogen) atoms. The second-order valence-corrected chi connectivity index (χ2v) is 9.22. The standard InChI is InChI=1S/C24H28F3N7O/c1-16-14-32(8-9-34(16)23-3-2-18(12-30-23)24(25,26)27)15-33-7-5-20(31-33)17-4-6-28-21(10-17)22-11-19(35)13-29-22/h2-7,10,12,16,19,22,29,35H,8-9,11,13-15H2,1H3/t16-,19?,22?/m1/s1. The van der Waals surface area contributed by atoms with Gasteiger partial charge >= 0.3 is 6.18 Å². The summed E-state index contributed by atoms with van der Waals surface area (Å²) in [7, 11) is 0. The highest BCUT2D eigenvalue weighted by Gasteiger charge is 2.32. The first-order chi connectivity index (χ1) is 16.8. The topological polar surface area (TPSA) is 82.3 Å². The highest BCUT2D eigenvalue weighted by molar-refractivity contribution is 5.58. The van der Waals surface area contributed by atoms with Crippen molar-refractivity contribution in [3.63, 3.8) is 0 Å². The van der Waals surface area contributed by atoms with Gasteiger partial charge in [0.1, 0.15) is 5.82 Å². The van der Waals surface area contributed by atoms with E-state index in [0.717, 1.165) is 42.3 Å². The molecule has 0 aliphatic carbocycles. The van der Waals surface area contributed by atoms with Gasteiger partial charge in [-0.25, -0.2) is 4.98 Å². The molecule has 2 fully saturated rings. The van der Waals surface area contributed by atoms with Crippen molar-refractivity contribution in [3.05, 3.63) is 60.2 Å². The Morgan fingerprint density at radius 2 is 2.00 bits per heavy atom. The van der Waals surface area contributed by atoms with E-state index in [0.29, 0.717) is 32.0 Å². The molecule has 3 aromatic heterocycles. The van der Waals surface area contributed by atoms with Crippen molar-refractivity contribution in [1.82, 2.24) is 30.0 Å². The van der Waals surface area contributed by atoms with Crippen molar-refractivity contribution in [2.45, 2.75) is 44.4 Å². The third-order valence-corrected chi connectivity index (χ3v) is 6.61. The molecule has 5 rings (SSSR count). The van der Waals surface area contributed by atoms with Crippen molar-refractivity contribution < 1.29 is 18.3 Å². The van der Waals surface area contributed by atoms with Crippen LogP contribution in [0.3, 0.4) is 0 Å². The number of aliphatic hydroxyl groups is 1. The van der Waals surface area contributed by atoms with Gasteiger partial charge in [-0.1, -0.05) is 0 Å². The van der Waals surface area contributed by atoms with Crippen LogP contribution in [0.1, 0.15) is 30.6 Å². The molecule has 0 saturated carbocycles. The van der Waals surface area contributed by atoms with Crippen LogP contribution >= 0.6 is 0 Å². The molecule has 2 aliphatic heterocycles. The smallest absolute Gasteiger partial charge is 0.392 e. The predicted octanol–water partition coefficient (Wildman–Crippen LogP) is 2.92. The van der Waals surface area contributed by atoms with Gasteiger partial charge in [0.2, 0.25) is 0 Å². The Labute approximate surface area is 201 Å². The summed E-state index contributed by atoms with van der Waals surface area (Å²) in [5.74, 6) is 0.560. The molecule has 11 heteroatoms. The summed E-state index contributed by atoms with van der Waals surface area (Å²) in [5.41, 5.74) is 1.99. The zero-order valence-corrected chi connectivity index (χ0v) is 19.4. The number of aliphatic hydroxyl groups excluding tert-OH is 1. The van der Waals surface area contributed by atoms with Crippen LogP contribution in [0.4, 0.5) is 19.0 Å². The summed E-state index contributed by atoms with van der Waals surface area (Å²) >= 11 is 0. The SMILES string of the molecule is C[C@@H]1CN(Cn2ccc(-c3ccnc(C4CC(O)CN4)c3)n2)CCN1c1ccc(C(F)(F)F)cn1. The maximum absolute atomic E-state index is 12.8. The van der Waals surface area contributed by atoms with Crippen LogP contribution in [0.5, 0.6) is 0 Å². The van der Waals surface area contributed by atoms with E-state index in [1.165, 1.54) is 6.07 Å². The molecule has 2 unspecified atom stereocenters. The Morgan fingerprint density at radius 3 is 2.69 bits per heavy atom. The quantitative estimate of drug-likeness (QED) is 0.573. The molecule has 0 bridgehead atoms. The molecule has 2 N–H and O–H groups in total. The van der Waals surface area contributed by atoms with Gasteiger partial charge in [-0.15, -0.1) is 0 Å². The zero-order valence-electron chi connectivity index (χ0n) is 19.4. The van der Waals surface area contributed by atoms with E-state index in [1.54, 1.807) is 6.20 Å². The van der Waals surface area contributed by atoms with E-state index in [9.17, 15) is 18.3 Å². The van der Waals surface area contributed by atoms with Crippen LogP contribution in [0.25, 0.3) is 11.3 Å². The number of nitrogens with zero attached hydrogens (tertiary/aromatic N) is 6. The van der Waals surface area contributed by atoms with Gasteiger partial charge in [-0.2, -0.15) is 18.3 Å². The van der Waals surface area contributed by atoms with Gasteiger partial charge in [0.25, 0.3) is 0 Å². The number of β-amino-alcohol motifs (C(OH)–C–C–N with tert-alkyl or cyclic N) is 1. The molecule has 2 saturated heterocycles. The van der Waals surface area contributed by atoms with Crippen molar-refractivity contribution in [2.75, 3.05) is 31.1 Å². The van der Waals surface area contributed by atoms with E-state index >= 15 is 0 Å². The van der Waals surface area contributed by atoms with Gasteiger partial charge in [-0.3, -0.25) is 14.6 Å². The third kappa shape index (κ3) is 5.31. The van der Waals surface area contributed by atoms with Gasteiger partial charge in [0, 0.05) is 56.4 Å². The number of rotatable bonds is 5. The van der Waals surface area contributed by atoms with Crippen molar-refractivity contribution >= 4 is 5.82 Å². The lowest BCUT2D eigenvalue weighted by molar-refractivity contribution is -0.137. The average molecular weight is 488 g/mol. The summed E-state index contributed by atoms with van der Waals surface area (Å²) in [6, 6.07) is 8.59. The number of nitrogens with one attached hydrogen (secondary N) is 1. The summed E-state index contributed by atoms with van der Waals surface area (Å²) in [6.45, 7) is 5.40. The minimum atomic E-state index is -4.38. The molecule has 2 aliphatic rings. The summed E-state index contributed by atoms with van der Waals surface area (Å²) < 4.78 is 40.4. The maximum atomic E-state index is 12.8. The fourth-order valence-electron chi connectivity index (χ4n) is 4.77. The van der Waals surface area contributed by atoms with Crippen LogP contribution in [0, 0.1) is 0 Å². The summed E-state index contributed by atoms with van der Waals surface area (Å²) in [6.07, 6.45) is 0.536. The lowest BCUT2D eigenvalue weighted by atomic mass is 10.1. The summed E-state index contributed by atoms with van der Waals surface area (Å²) in [5, 5.41) is 17.8. The Balaban J connectivity index is 1.20. The maximum Gasteiger partial charge on any atom is 0.417 e. The van der Waals surface area contributed by atoms with Gasteiger partial charge < -0.3 is 15.3 Å². The average Bonchev–Trinajstić information content (AvgIpc) is 3.48. The number of hydrogen-bond donors (Lipinski definition) is 2. The van der Waals surface area contributed by atoms with E-state index in [-0.39, 0.29) is 18.2 Å². The first kappa shape index (κ1) is 23.7. The number of piperazine rings is 1. The van der Waals surface area contributed by atoms with Gasteiger partial charge in [-0.05, 0) is 43.7 Å². The molecule has 3 aromatic rings. The van der Waals surface area contributed by atoms with E-state index in [2.05, 4.69) is 20.2 Å². The van der Waals surface area contributed by atoms with Gasteiger partial charge in [0.15, 0.2) is 0 Å². The lowest BCUT2D eigenvalue weighted by Gasteiger charge is -2.40. The lowest BCUT2D eigenvalue weighted by Crippen LogP contribution is -2.52. The Bertz CT molecular complexity index is 1150. The Kier molecular flexibility index (Phi) is 6.47. The van der Waals surface area contributed by atoms with Crippen LogP contribution < -0.4 is 10.2 Å². The fourth-order valence-corrected chi connectivity index (χ4v) is 4.77. The number of pyridine rings is 2. The van der Waals surface area contributed by atoms with Crippen molar-refractivity contribution in [1.29, 1.82) is 0 Å². The van der Waals surface area contributed by atoms with Crippen LogP contribution in [-0.4, -0.2) is 68.1 Å². The molecule has 3 atom stereocenters. The summed E-state index contributed by atoms with van der Waals surface area (Å²) in [4.78, 5) is 12.8. The molecule has 0 spiro atoms. The second kappa shape index (κ2) is 9.56. The Hall–Kier alpha value is -3.02. The number of hydrogen-bond acceptors (Lipinski definition) is 7. The molecule has 0 aromatic carbocycles. The second-order valence-electron chi connectivity index (χ2n) is 9.22. The highest BCUT2D eigenvalue weighted by atomic mass is 19.4. The first-order valence-electron chi connectivity index (χ1n) is 11.7. The van der Waals surface area contributed by atoms with Crippen molar-refractivity contribution in [2.24, 2.45) is 0 Å². The minimum absolute atomic E-state index is 0.0453. The van der Waals surface area contributed by atoms with E-state index in [4.69, 9.17) is 5.10 Å². The van der Waals surface area contributed by atoms with E-state index in [1.807, 2.05) is 40.9 Å². The number of halogens is 3. The minimum Gasteiger partial charge on any atom is -0.392 e. The fraction of sp³-hybridized carbons (Fsp3) is 0.458. The Morgan fingerprint density at radius 1 is 1.14 bits per heavy atom.